The van der Waals surface area contributed by atoms with Crippen LogP contribution in [-0.4, -0.2) is 25.2 Å². The lowest BCUT2D eigenvalue weighted by molar-refractivity contribution is 0.578. The molecule has 0 aliphatic carbocycles. The Labute approximate surface area is 125 Å². The molecule has 0 radical (unpaired) electrons. The minimum atomic E-state index is -3.54. The molecule has 0 fully saturated rings. The zero-order valence-electron chi connectivity index (χ0n) is 12.0. The van der Waals surface area contributed by atoms with Gasteiger partial charge in [0.05, 0.1) is 11.1 Å². The first kappa shape index (κ1) is 15.7. The molecular formula is C14H20N4O2S. The first-order chi connectivity index (χ1) is 10.1. The summed E-state index contributed by atoms with van der Waals surface area (Å²) in [6, 6.07) is 7.03. The average molecular weight is 308 g/mol. The maximum Gasteiger partial charge on any atom is 0.241 e. The predicted molar refractivity (Wildman–Crippen MR) is 81.1 cm³/mol. The Bertz CT molecular complexity index is 653. The van der Waals surface area contributed by atoms with Crippen LogP contribution in [0.5, 0.6) is 0 Å². The molecule has 2 aromatic rings. The van der Waals surface area contributed by atoms with Crippen LogP contribution < -0.4 is 10.0 Å². The van der Waals surface area contributed by atoms with E-state index >= 15 is 0 Å². The third kappa shape index (κ3) is 4.38. The van der Waals surface area contributed by atoms with Gasteiger partial charge in [-0.15, -0.1) is 0 Å². The summed E-state index contributed by atoms with van der Waals surface area (Å²) in [4.78, 5) is 0.317. The zero-order chi connectivity index (χ0) is 15.1. The second kappa shape index (κ2) is 7.35. The highest BCUT2D eigenvalue weighted by Gasteiger charge is 2.17. The van der Waals surface area contributed by atoms with Crippen LogP contribution in [0.4, 0.5) is 0 Å². The molecule has 0 atom stereocenters. The second-order valence-electron chi connectivity index (χ2n) is 4.72. The van der Waals surface area contributed by atoms with Crippen LogP contribution in [0.15, 0.2) is 41.6 Å². The van der Waals surface area contributed by atoms with E-state index in [1.807, 2.05) is 12.1 Å². The Morgan fingerprint density at radius 2 is 2.05 bits per heavy atom. The number of sulfonamides is 1. The molecule has 0 spiro atoms. The van der Waals surface area contributed by atoms with E-state index in [2.05, 4.69) is 27.2 Å². The summed E-state index contributed by atoms with van der Waals surface area (Å²) < 4.78 is 27.4. The number of nitrogens with one attached hydrogen (secondary N) is 3. The SMILES string of the molecule is CCCNCc1ccccc1S(=O)(=O)NCc1cn[nH]c1. The van der Waals surface area contributed by atoms with Crippen LogP contribution in [0, 0.1) is 0 Å². The van der Waals surface area contributed by atoms with E-state index in [4.69, 9.17) is 0 Å². The zero-order valence-corrected chi connectivity index (χ0v) is 12.8. The Morgan fingerprint density at radius 1 is 1.24 bits per heavy atom. The van der Waals surface area contributed by atoms with Crippen molar-refractivity contribution in [2.45, 2.75) is 31.3 Å². The standard InChI is InChI=1S/C14H20N4O2S/c1-2-7-15-11-13-5-3-4-6-14(13)21(19,20)18-10-12-8-16-17-9-12/h3-6,8-9,15,18H,2,7,10-11H2,1H3,(H,16,17). The van der Waals surface area contributed by atoms with Gasteiger partial charge >= 0.3 is 0 Å². The van der Waals surface area contributed by atoms with Crippen LogP contribution in [0.1, 0.15) is 24.5 Å². The molecule has 0 saturated carbocycles. The van der Waals surface area contributed by atoms with E-state index in [1.54, 1.807) is 24.5 Å². The van der Waals surface area contributed by atoms with Crippen molar-refractivity contribution in [1.82, 2.24) is 20.2 Å². The molecule has 0 aliphatic heterocycles. The topological polar surface area (TPSA) is 86.9 Å². The second-order valence-corrected chi connectivity index (χ2v) is 6.45. The maximum atomic E-state index is 12.4. The number of nitrogens with zero attached hydrogens (tertiary/aromatic N) is 1. The van der Waals surface area contributed by atoms with Crippen molar-refractivity contribution in [3.8, 4) is 0 Å². The van der Waals surface area contributed by atoms with Gasteiger partial charge in [-0.25, -0.2) is 13.1 Å². The maximum absolute atomic E-state index is 12.4. The molecule has 114 valence electrons. The van der Waals surface area contributed by atoms with Crippen molar-refractivity contribution in [2.75, 3.05) is 6.54 Å². The van der Waals surface area contributed by atoms with Crippen LogP contribution >= 0.6 is 0 Å². The highest BCUT2D eigenvalue weighted by Crippen LogP contribution is 2.15. The van der Waals surface area contributed by atoms with Crippen molar-refractivity contribution >= 4 is 10.0 Å². The molecule has 0 unspecified atom stereocenters. The van der Waals surface area contributed by atoms with Crippen molar-refractivity contribution in [2.24, 2.45) is 0 Å². The van der Waals surface area contributed by atoms with Gasteiger partial charge in [0.25, 0.3) is 0 Å². The molecule has 0 saturated heterocycles. The number of aromatic nitrogens is 2. The molecule has 21 heavy (non-hydrogen) atoms. The van der Waals surface area contributed by atoms with Gasteiger partial charge in [0.2, 0.25) is 10.0 Å². The number of hydrogen-bond donors (Lipinski definition) is 3. The minimum absolute atomic E-state index is 0.218. The van der Waals surface area contributed by atoms with Crippen molar-refractivity contribution in [3.63, 3.8) is 0 Å². The summed E-state index contributed by atoms with van der Waals surface area (Å²) in [5.74, 6) is 0. The fourth-order valence-electron chi connectivity index (χ4n) is 1.94. The number of aromatic amines is 1. The fourth-order valence-corrected chi connectivity index (χ4v) is 3.20. The normalized spacial score (nSPS) is 11.7. The van der Waals surface area contributed by atoms with Gasteiger partial charge in [0.1, 0.15) is 0 Å². The summed E-state index contributed by atoms with van der Waals surface area (Å²) in [6.07, 6.45) is 4.27. The van der Waals surface area contributed by atoms with Crippen LogP contribution in [0.25, 0.3) is 0 Å². The molecule has 0 aliphatic rings. The van der Waals surface area contributed by atoms with Crippen LogP contribution in [0.3, 0.4) is 0 Å². The Hall–Kier alpha value is -1.70. The lowest BCUT2D eigenvalue weighted by Crippen LogP contribution is -2.25. The third-order valence-corrected chi connectivity index (χ3v) is 4.53. The minimum Gasteiger partial charge on any atom is -0.313 e. The molecular weight excluding hydrogens is 288 g/mol. The third-order valence-electron chi connectivity index (χ3n) is 3.03. The van der Waals surface area contributed by atoms with E-state index in [-0.39, 0.29) is 6.54 Å². The van der Waals surface area contributed by atoms with Crippen molar-refractivity contribution in [3.05, 3.63) is 47.8 Å². The molecule has 1 aromatic heterocycles. The van der Waals surface area contributed by atoms with Gasteiger partial charge in [0, 0.05) is 24.8 Å². The Kier molecular flexibility index (Phi) is 5.49. The summed E-state index contributed by atoms with van der Waals surface area (Å²) in [5.41, 5.74) is 1.56. The van der Waals surface area contributed by atoms with Crippen molar-refractivity contribution < 1.29 is 8.42 Å². The Balaban J connectivity index is 2.11. The molecule has 3 N–H and O–H groups in total. The van der Waals surface area contributed by atoms with Gasteiger partial charge in [-0.05, 0) is 24.6 Å². The quantitative estimate of drug-likeness (QED) is 0.643. The molecule has 6 nitrogen and oxygen atoms in total. The molecule has 0 bridgehead atoms. The Morgan fingerprint density at radius 3 is 2.76 bits per heavy atom. The highest BCUT2D eigenvalue weighted by atomic mass is 32.2. The van der Waals surface area contributed by atoms with Gasteiger partial charge in [0.15, 0.2) is 0 Å². The number of hydrogen-bond acceptors (Lipinski definition) is 4. The van der Waals surface area contributed by atoms with Gasteiger partial charge < -0.3 is 5.32 Å². The van der Waals surface area contributed by atoms with E-state index in [9.17, 15) is 8.42 Å². The van der Waals surface area contributed by atoms with Crippen LogP contribution in [-0.2, 0) is 23.1 Å². The monoisotopic (exact) mass is 308 g/mol. The first-order valence-corrected chi connectivity index (χ1v) is 8.37. The van der Waals surface area contributed by atoms with Gasteiger partial charge in [-0.1, -0.05) is 25.1 Å². The van der Waals surface area contributed by atoms with E-state index in [0.717, 1.165) is 24.1 Å². The fraction of sp³-hybridized carbons (Fsp3) is 0.357. The number of benzene rings is 1. The van der Waals surface area contributed by atoms with E-state index in [0.29, 0.717) is 11.4 Å². The summed E-state index contributed by atoms with van der Waals surface area (Å²) in [6.45, 7) is 3.69. The average Bonchev–Trinajstić information content (AvgIpc) is 2.99. The largest absolute Gasteiger partial charge is 0.313 e. The predicted octanol–water partition coefficient (Wildman–Crippen LogP) is 1.39. The van der Waals surface area contributed by atoms with E-state index < -0.39 is 10.0 Å². The first-order valence-electron chi connectivity index (χ1n) is 6.89. The smallest absolute Gasteiger partial charge is 0.241 e. The van der Waals surface area contributed by atoms with Gasteiger partial charge in [-0.2, -0.15) is 5.10 Å². The molecule has 1 aromatic carbocycles. The molecule has 0 amide bonds. The molecule has 7 heteroatoms. The summed E-state index contributed by atoms with van der Waals surface area (Å²) in [7, 11) is -3.54. The number of rotatable bonds is 8. The highest BCUT2D eigenvalue weighted by molar-refractivity contribution is 7.89. The number of H-pyrrole nitrogens is 1. The van der Waals surface area contributed by atoms with E-state index in [1.165, 1.54) is 0 Å². The van der Waals surface area contributed by atoms with Gasteiger partial charge in [-0.3, -0.25) is 5.10 Å². The van der Waals surface area contributed by atoms with Crippen molar-refractivity contribution in [1.29, 1.82) is 0 Å². The summed E-state index contributed by atoms with van der Waals surface area (Å²) in [5, 5.41) is 9.68. The summed E-state index contributed by atoms with van der Waals surface area (Å²) >= 11 is 0. The lowest BCUT2D eigenvalue weighted by Gasteiger charge is -2.11. The van der Waals surface area contributed by atoms with Crippen LogP contribution in [0.2, 0.25) is 0 Å². The molecule has 2 rings (SSSR count). The molecule has 1 heterocycles. The lowest BCUT2D eigenvalue weighted by atomic mass is 10.2.